The van der Waals surface area contributed by atoms with Gasteiger partial charge in [0, 0.05) is 18.1 Å². The van der Waals surface area contributed by atoms with Crippen LogP contribution in [-0.2, 0) is 26.2 Å². The summed E-state index contributed by atoms with van der Waals surface area (Å²) in [4.78, 5) is 27.6. The van der Waals surface area contributed by atoms with Gasteiger partial charge in [-0.25, -0.2) is 12.8 Å². The highest BCUT2D eigenvalue weighted by Gasteiger charge is 2.32. The molecule has 196 valence electrons. The number of aryl methyl sites for hydroxylation is 1. The van der Waals surface area contributed by atoms with E-state index < -0.39 is 34.3 Å². The molecule has 0 saturated heterocycles. The molecular weight excluding hydrogens is 517 g/mol. The number of nitrogens with zero attached hydrogens (tertiary/aromatic N) is 2. The van der Waals surface area contributed by atoms with Gasteiger partial charge in [-0.2, -0.15) is 0 Å². The van der Waals surface area contributed by atoms with Gasteiger partial charge in [0.15, 0.2) is 0 Å². The Balaban J connectivity index is 2.01. The Kier molecular flexibility index (Phi) is 9.29. The van der Waals surface area contributed by atoms with Crippen molar-refractivity contribution in [3.05, 3.63) is 94.8 Å². The zero-order chi connectivity index (χ0) is 27.2. The van der Waals surface area contributed by atoms with Crippen molar-refractivity contribution < 1.29 is 22.4 Å². The maximum Gasteiger partial charge on any atom is 0.264 e. The molecule has 1 N–H and O–H groups in total. The fourth-order valence-electron chi connectivity index (χ4n) is 3.66. The maximum absolute atomic E-state index is 13.7. The van der Waals surface area contributed by atoms with E-state index in [0.29, 0.717) is 22.8 Å². The third kappa shape index (κ3) is 7.08. The van der Waals surface area contributed by atoms with Crippen LogP contribution in [0.25, 0.3) is 0 Å². The first kappa shape index (κ1) is 28.1. The monoisotopic (exact) mass is 545 g/mol. The maximum atomic E-state index is 13.7. The average Bonchev–Trinajstić information content (AvgIpc) is 2.87. The molecule has 3 aromatic carbocycles. The van der Waals surface area contributed by atoms with Crippen LogP contribution in [0.4, 0.5) is 10.1 Å². The van der Waals surface area contributed by atoms with Crippen molar-refractivity contribution in [2.24, 2.45) is 0 Å². The quantitative estimate of drug-likeness (QED) is 0.405. The van der Waals surface area contributed by atoms with Gasteiger partial charge in [0.05, 0.1) is 10.6 Å². The molecule has 37 heavy (non-hydrogen) atoms. The second kappa shape index (κ2) is 12.2. The number of carbonyl (C=O) groups is 2. The van der Waals surface area contributed by atoms with Crippen molar-refractivity contribution in [2.75, 3.05) is 17.4 Å². The standard InChI is InChI=1S/C27H29ClFN3O4S/c1-4-30-27(34)20(3)31(17-21-7-11-23(29)12-8-21)26(33)18-32(24-13-5-19(2)6-14-24)37(35,36)25-15-9-22(28)10-16-25/h5-16,20H,4,17-18H2,1-3H3,(H,30,34). The Morgan fingerprint density at radius 1 is 0.973 bits per heavy atom. The van der Waals surface area contributed by atoms with Crippen molar-refractivity contribution in [1.82, 2.24) is 10.2 Å². The lowest BCUT2D eigenvalue weighted by Crippen LogP contribution is -2.51. The molecule has 3 rings (SSSR count). The molecule has 0 saturated carbocycles. The lowest BCUT2D eigenvalue weighted by Gasteiger charge is -2.32. The fourth-order valence-corrected chi connectivity index (χ4v) is 5.20. The minimum Gasteiger partial charge on any atom is -0.355 e. The Hall–Kier alpha value is -3.43. The van der Waals surface area contributed by atoms with E-state index in [2.05, 4.69) is 5.32 Å². The minimum atomic E-state index is -4.17. The first-order valence-corrected chi connectivity index (χ1v) is 13.5. The first-order chi connectivity index (χ1) is 17.5. The normalized spacial score (nSPS) is 12.0. The predicted molar refractivity (Wildman–Crippen MR) is 142 cm³/mol. The van der Waals surface area contributed by atoms with Crippen LogP contribution >= 0.6 is 11.6 Å². The van der Waals surface area contributed by atoms with Crippen LogP contribution in [0, 0.1) is 12.7 Å². The molecule has 7 nitrogen and oxygen atoms in total. The number of carbonyl (C=O) groups excluding carboxylic acids is 2. The van der Waals surface area contributed by atoms with E-state index in [9.17, 15) is 22.4 Å². The third-order valence-electron chi connectivity index (χ3n) is 5.79. The van der Waals surface area contributed by atoms with Gasteiger partial charge >= 0.3 is 0 Å². The van der Waals surface area contributed by atoms with Gasteiger partial charge in [0.25, 0.3) is 10.0 Å². The summed E-state index contributed by atoms with van der Waals surface area (Å²) in [6.45, 7) is 4.98. The molecular formula is C27H29ClFN3O4S. The molecule has 0 aliphatic heterocycles. The molecule has 0 spiro atoms. The summed E-state index contributed by atoms with van der Waals surface area (Å²) >= 11 is 5.95. The van der Waals surface area contributed by atoms with Gasteiger partial charge in [-0.15, -0.1) is 0 Å². The molecule has 0 aliphatic carbocycles. The van der Waals surface area contributed by atoms with Gasteiger partial charge in [-0.1, -0.05) is 41.4 Å². The van der Waals surface area contributed by atoms with Crippen LogP contribution in [-0.4, -0.2) is 44.3 Å². The van der Waals surface area contributed by atoms with Gasteiger partial charge in [0.2, 0.25) is 11.8 Å². The molecule has 1 atom stereocenters. The molecule has 1 unspecified atom stereocenters. The summed E-state index contributed by atoms with van der Waals surface area (Å²) in [6.07, 6.45) is 0. The third-order valence-corrected chi connectivity index (χ3v) is 7.83. The van der Waals surface area contributed by atoms with Gasteiger partial charge in [0.1, 0.15) is 18.4 Å². The van der Waals surface area contributed by atoms with E-state index in [1.165, 1.54) is 53.4 Å². The molecule has 2 amide bonds. The number of hydrogen-bond acceptors (Lipinski definition) is 4. The SMILES string of the molecule is CCNC(=O)C(C)N(Cc1ccc(F)cc1)C(=O)CN(c1ccc(C)cc1)S(=O)(=O)c1ccc(Cl)cc1. The number of sulfonamides is 1. The predicted octanol–water partition coefficient (Wildman–Crippen LogP) is 4.54. The largest absolute Gasteiger partial charge is 0.355 e. The van der Waals surface area contributed by atoms with Gasteiger partial charge in [-0.05, 0) is 74.9 Å². The first-order valence-electron chi connectivity index (χ1n) is 11.7. The van der Waals surface area contributed by atoms with Crippen LogP contribution in [0.2, 0.25) is 5.02 Å². The Morgan fingerprint density at radius 3 is 2.14 bits per heavy atom. The van der Waals surface area contributed by atoms with Crippen molar-refractivity contribution >= 4 is 39.1 Å². The lowest BCUT2D eigenvalue weighted by molar-refractivity contribution is -0.139. The highest BCUT2D eigenvalue weighted by atomic mass is 35.5. The van der Waals surface area contributed by atoms with Crippen LogP contribution < -0.4 is 9.62 Å². The highest BCUT2D eigenvalue weighted by Crippen LogP contribution is 2.26. The molecule has 10 heteroatoms. The number of benzene rings is 3. The van der Waals surface area contributed by atoms with Crippen LogP contribution in [0.15, 0.2) is 77.7 Å². The number of likely N-dealkylation sites (N-methyl/N-ethyl adjacent to an activating group) is 1. The van der Waals surface area contributed by atoms with E-state index >= 15 is 0 Å². The molecule has 0 fully saturated rings. The van der Waals surface area contributed by atoms with Crippen molar-refractivity contribution in [3.8, 4) is 0 Å². The number of halogens is 2. The number of nitrogens with one attached hydrogen (secondary N) is 1. The van der Waals surface area contributed by atoms with E-state index in [1.807, 2.05) is 6.92 Å². The topological polar surface area (TPSA) is 86.8 Å². The van der Waals surface area contributed by atoms with E-state index in [4.69, 9.17) is 11.6 Å². The summed E-state index contributed by atoms with van der Waals surface area (Å²) in [5, 5.41) is 3.06. The summed E-state index contributed by atoms with van der Waals surface area (Å²) < 4.78 is 41.8. The molecule has 0 aromatic heterocycles. The Labute approximate surface area is 221 Å². The van der Waals surface area contributed by atoms with Crippen molar-refractivity contribution in [1.29, 1.82) is 0 Å². The van der Waals surface area contributed by atoms with E-state index in [1.54, 1.807) is 38.1 Å². The number of rotatable bonds is 10. The van der Waals surface area contributed by atoms with Crippen molar-refractivity contribution in [2.45, 2.75) is 38.3 Å². The van der Waals surface area contributed by atoms with Gasteiger partial charge < -0.3 is 10.2 Å². The van der Waals surface area contributed by atoms with Crippen molar-refractivity contribution in [3.63, 3.8) is 0 Å². The highest BCUT2D eigenvalue weighted by molar-refractivity contribution is 7.92. The van der Waals surface area contributed by atoms with Gasteiger partial charge in [-0.3, -0.25) is 13.9 Å². The second-order valence-corrected chi connectivity index (χ2v) is 10.8. The lowest BCUT2D eigenvalue weighted by atomic mass is 10.1. The summed E-state index contributed by atoms with van der Waals surface area (Å²) in [5.74, 6) is -1.42. The number of hydrogen-bond donors (Lipinski definition) is 1. The molecule has 0 aliphatic rings. The summed E-state index contributed by atoms with van der Waals surface area (Å²) in [6, 6.07) is 17.0. The molecule has 3 aromatic rings. The minimum absolute atomic E-state index is 0.0137. The molecule has 0 radical (unpaired) electrons. The Bertz CT molecular complexity index is 1330. The zero-order valence-corrected chi connectivity index (χ0v) is 22.4. The zero-order valence-electron chi connectivity index (χ0n) is 20.8. The second-order valence-electron chi connectivity index (χ2n) is 8.52. The fraction of sp³-hybridized carbons (Fsp3) is 0.259. The Morgan fingerprint density at radius 2 is 1.57 bits per heavy atom. The molecule has 0 heterocycles. The van der Waals surface area contributed by atoms with E-state index in [0.717, 1.165) is 9.87 Å². The number of anilines is 1. The van der Waals surface area contributed by atoms with Crippen LogP contribution in [0.3, 0.4) is 0 Å². The number of amides is 2. The van der Waals surface area contributed by atoms with Crippen LogP contribution in [0.5, 0.6) is 0 Å². The van der Waals surface area contributed by atoms with Crippen LogP contribution in [0.1, 0.15) is 25.0 Å². The smallest absolute Gasteiger partial charge is 0.264 e. The summed E-state index contributed by atoms with van der Waals surface area (Å²) in [7, 11) is -4.17. The summed E-state index contributed by atoms with van der Waals surface area (Å²) in [5.41, 5.74) is 1.80. The molecule has 0 bridgehead atoms. The van der Waals surface area contributed by atoms with E-state index in [-0.39, 0.29) is 17.3 Å². The average molecular weight is 546 g/mol.